The fraction of sp³-hybridized carbons (Fsp3) is 0.0714. The van der Waals surface area contributed by atoms with Gasteiger partial charge in [0.05, 0.1) is 10.6 Å². The molecular formula is C14H11BrClNO2. The van der Waals surface area contributed by atoms with E-state index in [-0.39, 0.29) is 5.56 Å². The molecule has 3 nitrogen and oxygen atoms in total. The van der Waals surface area contributed by atoms with E-state index in [1.165, 1.54) is 0 Å². The number of hydrogen-bond acceptors (Lipinski definition) is 2. The molecule has 0 atom stereocenters. The van der Waals surface area contributed by atoms with Gasteiger partial charge in [-0.2, -0.15) is 0 Å². The van der Waals surface area contributed by atoms with Crippen molar-refractivity contribution in [1.82, 2.24) is 0 Å². The van der Waals surface area contributed by atoms with Crippen molar-refractivity contribution in [2.45, 2.75) is 6.54 Å². The lowest BCUT2D eigenvalue weighted by Gasteiger charge is -2.08. The summed E-state index contributed by atoms with van der Waals surface area (Å²) in [5.74, 6) is -0.916. The highest BCUT2D eigenvalue weighted by Gasteiger charge is 2.02. The van der Waals surface area contributed by atoms with Crippen LogP contribution < -0.4 is 5.32 Å². The van der Waals surface area contributed by atoms with Gasteiger partial charge in [0.2, 0.25) is 0 Å². The monoisotopic (exact) mass is 339 g/mol. The van der Waals surface area contributed by atoms with Crippen LogP contribution in [0.25, 0.3) is 0 Å². The normalized spacial score (nSPS) is 10.2. The first-order valence-corrected chi connectivity index (χ1v) is 6.74. The van der Waals surface area contributed by atoms with Crippen molar-refractivity contribution in [3.8, 4) is 0 Å². The van der Waals surface area contributed by atoms with Crippen LogP contribution in [-0.4, -0.2) is 11.1 Å². The van der Waals surface area contributed by atoms with Gasteiger partial charge in [-0.05, 0) is 51.8 Å². The maximum absolute atomic E-state index is 10.7. The van der Waals surface area contributed by atoms with Crippen molar-refractivity contribution in [3.63, 3.8) is 0 Å². The van der Waals surface area contributed by atoms with Crippen LogP contribution in [0.2, 0.25) is 5.02 Å². The molecule has 5 heteroatoms. The van der Waals surface area contributed by atoms with E-state index in [1.54, 1.807) is 24.3 Å². The third kappa shape index (κ3) is 3.72. The van der Waals surface area contributed by atoms with E-state index in [0.717, 1.165) is 15.7 Å². The molecule has 0 aromatic heterocycles. The van der Waals surface area contributed by atoms with Gasteiger partial charge in [0.15, 0.2) is 0 Å². The fourth-order valence-corrected chi connectivity index (χ4v) is 2.07. The first kappa shape index (κ1) is 13.9. The van der Waals surface area contributed by atoms with E-state index >= 15 is 0 Å². The average Bonchev–Trinajstić information content (AvgIpc) is 2.40. The molecule has 0 fully saturated rings. The molecule has 0 amide bonds. The van der Waals surface area contributed by atoms with Gasteiger partial charge < -0.3 is 10.4 Å². The van der Waals surface area contributed by atoms with Gasteiger partial charge in [-0.25, -0.2) is 4.79 Å². The average molecular weight is 341 g/mol. The van der Waals surface area contributed by atoms with Crippen LogP contribution in [-0.2, 0) is 6.54 Å². The highest BCUT2D eigenvalue weighted by Crippen LogP contribution is 2.25. The van der Waals surface area contributed by atoms with Gasteiger partial charge in [0.1, 0.15) is 0 Å². The molecule has 2 rings (SSSR count). The Labute approximate surface area is 124 Å². The lowest BCUT2D eigenvalue weighted by molar-refractivity contribution is 0.0697. The number of carboxylic acids is 1. The highest BCUT2D eigenvalue weighted by molar-refractivity contribution is 9.10. The Hall–Kier alpha value is -1.52. The maximum Gasteiger partial charge on any atom is 0.335 e. The summed E-state index contributed by atoms with van der Waals surface area (Å²) in [4.78, 5) is 10.7. The summed E-state index contributed by atoms with van der Waals surface area (Å²) < 4.78 is 0.834. The van der Waals surface area contributed by atoms with Crippen LogP contribution in [0.5, 0.6) is 0 Å². The van der Waals surface area contributed by atoms with E-state index in [4.69, 9.17) is 16.7 Å². The molecule has 98 valence electrons. The molecule has 0 heterocycles. The Morgan fingerprint density at radius 1 is 1.21 bits per heavy atom. The van der Waals surface area contributed by atoms with Gasteiger partial charge in [0.25, 0.3) is 0 Å². The summed E-state index contributed by atoms with van der Waals surface area (Å²) in [5.41, 5.74) is 2.24. The molecular weight excluding hydrogens is 330 g/mol. The number of carboxylic acid groups (broad SMARTS) is 1. The summed E-state index contributed by atoms with van der Waals surface area (Å²) in [6.07, 6.45) is 0. The molecule has 0 aliphatic rings. The van der Waals surface area contributed by atoms with Gasteiger partial charge in [-0.15, -0.1) is 0 Å². The lowest BCUT2D eigenvalue weighted by atomic mass is 10.1. The topological polar surface area (TPSA) is 49.3 Å². The molecule has 0 unspecified atom stereocenters. The first-order chi connectivity index (χ1) is 9.06. The molecule has 19 heavy (non-hydrogen) atoms. The van der Waals surface area contributed by atoms with Crippen molar-refractivity contribution in [3.05, 3.63) is 63.1 Å². The van der Waals surface area contributed by atoms with Crippen LogP contribution in [0.3, 0.4) is 0 Å². The van der Waals surface area contributed by atoms with Crippen LogP contribution in [0.1, 0.15) is 15.9 Å². The van der Waals surface area contributed by atoms with Crippen LogP contribution in [0.4, 0.5) is 5.69 Å². The molecule has 0 spiro atoms. The van der Waals surface area contributed by atoms with Crippen LogP contribution >= 0.6 is 27.5 Å². The maximum atomic E-state index is 10.7. The van der Waals surface area contributed by atoms with Gasteiger partial charge in [-0.1, -0.05) is 23.7 Å². The predicted octanol–water partition coefficient (Wildman–Crippen LogP) is 4.41. The van der Waals surface area contributed by atoms with Gasteiger partial charge in [0, 0.05) is 16.7 Å². The predicted molar refractivity (Wildman–Crippen MR) is 79.9 cm³/mol. The number of rotatable bonds is 4. The minimum Gasteiger partial charge on any atom is -0.478 e. The van der Waals surface area contributed by atoms with Crippen molar-refractivity contribution in [2.24, 2.45) is 0 Å². The molecule has 0 aliphatic heterocycles. The van der Waals surface area contributed by atoms with E-state index in [0.29, 0.717) is 11.6 Å². The Balaban J connectivity index is 2.01. The minimum atomic E-state index is -0.916. The quantitative estimate of drug-likeness (QED) is 0.866. The SMILES string of the molecule is O=C(O)c1ccc(CNc2ccc(Cl)c(Br)c2)cc1. The second kappa shape index (κ2) is 6.08. The lowest BCUT2D eigenvalue weighted by Crippen LogP contribution is -2.01. The summed E-state index contributed by atoms with van der Waals surface area (Å²) in [6.45, 7) is 0.619. The van der Waals surface area contributed by atoms with Crippen LogP contribution in [0, 0.1) is 0 Å². The number of nitrogens with one attached hydrogen (secondary N) is 1. The first-order valence-electron chi connectivity index (χ1n) is 5.57. The third-order valence-corrected chi connectivity index (χ3v) is 3.83. The zero-order valence-electron chi connectivity index (χ0n) is 9.86. The molecule has 0 aliphatic carbocycles. The zero-order valence-corrected chi connectivity index (χ0v) is 12.2. The van der Waals surface area contributed by atoms with Crippen molar-refractivity contribution in [1.29, 1.82) is 0 Å². The molecule has 0 saturated heterocycles. The Morgan fingerprint density at radius 2 is 1.89 bits per heavy atom. The van der Waals surface area contributed by atoms with Gasteiger partial charge >= 0.3 is 5.97 Å². The fourth-order valence-electron chi connectivity index (χ4n) is 1.58. The number of aromatic carboxylic acids is 1. The van der Waals surface area contributed by atoms with E-state index < -0.39 is 5.97 Å². The molecule has 0 radical (unpaired) electrons. The second-order valence-electron chi connectivity index (χ2n) is 3.98. The minimum absolute atomic E-state index is 0.290. The number of benzene rings is 2. The van der Waals surface area contributed by atoms with Crippen molar-refractivity contribution < 1.29 is 9.90 Å². The largest absolute Gasteiger partial charge is 0.478 e. The van der Waals surface area contributed by atoms with Gasteiger partial charge in [-0.3, -0.25) is 0 Å². The Kier molecular flexibility index (Phi) is 4.45. The van der Waals surface area contributed by atoms with Crippen LogP contribution in [0.15, 0.2) is 46.9 Å². The number of hydrogen-bond donors (Lipinski definition) is 2. The number of anilines is 1. The summed E-state index contributed by atoms with van der Waals surface area (Å²) in [5, 5.41) is 12.7. The number of halogens is 2. The van der Waals surface area contributed by atoms with Crippen molar-refractivity contribution in [2.75, 3.05) is 5.32 Å². The molecule has 0 saturated carbocycles. The highest BCUT2D eigenvalue weighted by atomic mass is 79.9. The number of carbonyl (C=O) groups is 1. The summed E-state index contributed by atoms with van der Waals surface area (Å²) in [6, 6.07) is 12.4. The Bertz CT molecular complexity index is 599. The molecule has 2 aromatic rings. The standard InChI is InChI=1S/C14H11BrClNO2/c15-12-7-11(5-6-13(12)16)17-8-9-1-3-10(4-2-9)14(18)19/h1-7,17H,8H2,(H,18,19). The smallest absolute Gasteiger partial charge is 0.335 e. The zero-order chi connectivity index (χ0) is 13.8. The molecule has 0 bridgehead atoms. The van der Waals surface area contributed by atoms with E-state index in [9.17, 15) is 4.79 Å². The summed E-state index contributed by atoms with van der Waals surface area (Å²) in [7, 11) is 0. The molecule has 2 N–H and O–H groups in total. The third-order valence-electron chi connectivity index (χ3n) is 2.62. The Morgan fingerprint density at radius 3 is 2.47 bits per heavy atom. The van der Waals surface area contributed by atoms with Crippen molar-refractivity contribution >= 4 is 39.2 Å². The van der Waals surface area contributed by atoms with E-state index in [1.807, 2.05) is 18.2 Å². The second-order valence-corrected chi connectivity index (χ2v) is 5.25. The molecule has 2 aromatic carbocycles. The summed E-state index contributed by atoms with van der Waals surface area (Å²) >= 11 is 9.28. The van der Waals surface area contributed by atoms with E-state index in [2.05, 4.69) is 21.2 Å².